The van der Waals surface area contributed by atoms with Gasteiger partial charge in [-0.25, -0.2) is 0 Å². The Balaban J connectivity index is 2.09. The van der Waals surface area contributed by atoms with Crippen LogP contribution in [-0.2, 0) is 9.53 Å². The second-order valence-corrected chi connectivity index (χ2v) is 3.00. The maximum Gasteiger partial charge on any atom is 0.302 e. The molecule has 0 saturated carbocycles. The van der Waals surface area contributed by atoms with Gasteiger partial charge in [0, 0.05) is 6.92 Å². The normalized spacial score (nSPS) is 19.7. The van der Waals surface area contributed by atoms with E-state index < -0.39 is 0 Å². The van der Waals surface area contributed by atoms with Crippen LogP contribution in [0.4, 0.5) is 0 Å². The molecule has 0 atom stereocenters. The van der Waals surface area contributed by atoms with E-state index in [1.807, 2.05) is 0 Å². The van der Waals surface area contributed by atoms with E-state index in [0.717, 1.165) is 25.9 Å². The Bertz CT molecular complexity index is 130. The number of carbonyl (C=O) groups excluding carboxylic acids is 1. The molecule has 1 rings (SSSR count). The lowest BCUT2D eigenvalue weighted by Crippen LogP contribution is -2.30. The summed E-state index contributed by atoms with van der Waals surface area (Å²) in [5.74, 6) is 0.420. The third kappa shape index (κ3) is 3.37. The van der Waals surface area contributed by atoms with Crippen molar-refractivity contribution >= 4 is 5.97 Å². The van der Waals surface area contributed by atoms with Crippen molar-refractivity contribution in [3.63, 3.8) is 0 Å². The first kappa shape index (κ1) is 8.53. The Morgan fingerprint density at radius 3 is 2.73 bits per heavy atom. The highest BCUT2D eigenvalue weighted by molar-refractivity contribution is 5.65. The van der Waals surface area contributed by atoms with E-state index in [-0.39, 0.29) is 5.97 Å². The molecule has 1 aliphatic heterocycles. The Morgan fingerprint density at radius 1 is 1.55 bits per heavy atom. The lowest BCUT2D eigenvalue weighted by Gasteiger charge is -2.21. The fraction of sp³-hybridized carbons (Fsp3) is 0.875. The highest BCUT2D eigenvalue weighted by Crippen LogP contribution is 2.11. The van der Waals surface area contributed by atoms with Gasteiger partial charge in [0.25, 0.3) is 0 Å². The van der Waals surface area contributed by atoms with Gasteiger partial charge in [-0.3, -0.25) is 4.79 Å². The second kappa shape index (κ2) is 4.34. The summed E-state index contributed by atoms with van der Waals surface area (Å²) in [6.07, 6.45) is 2.26. The van der Waals surface area contributed by atoms with Crippen molar-refractivity contribution in [3.8, 4) is 0 Å². The van der Waals surface area contributed by atoms with Gasteiger partial charge in [-0.15, -0.1) is 0 Å². The molecule has 0 aromatic carbocycles. The molecule has 1 fully saturated rings. The molecule has 0 amide bonds. The number of hydrogen-bond acceptors (Lipinski definition) is 3. The van der Waals surface area contributed by atoms with Crippen molar-refractivity contribution in [1.82, 2.24) is 5.32 Å². The molecule has 3 nitrogen and oxygen atoms in total. The first-order valence-corrected chi connectivity index (χ1v) is 4.13. The first-order chi connectivity index (χ1) is 5.29. The summed E-state index contributed by atoms with van der Waals surface area (Å²) in [4.78, 5) is 10.4. The van der Waals surface area contributed by atoms with Crippen LogP contribution < -0.4 is 5.32 Å². The number of nitrogens with one attached hydrogen (secondary N) is 1. The smallest absolute Gasteiger partial charge is 0.302 e. The minimum atomic E-state index is -0.163. The van der Waals surface area contributed by atoms with Crippen LogP contribution in [-0.4, -0.2) is 25.7 Å². The molecule has 1 N–H and O–H groups in total. The van der Waals surface area contributed by atoms with Gasteiger partial charge in [0.2, 0.25) is 0 Å². The monoisotopic (exact) mass is 157 g/mol. The Hall–Kier alpha value is -0.570. The van der Waals surface area contributed by atoms with E-state index in [2.05, 4.69) is 5.32 Å². The molecule has 1 aliphatic rings. The second-order valence-electron chi connectivity index (χ2n) is 3.00. The maximum atomic E-state index is 10.4. The fourth-order valence-electron chi connectivity index (χ4n) is 1.28. The summed E-state index contributed by atoms with van der Waals surface area (Å²) < 4.78 is 4.91. The third-order valence-corrected chi connectivity index (χ3v) is 1.98. The van der Waals surface area contributed by atoms with Crippen LogP contribution in [0.15, 0.2) is 0 Å². The molecule has 0 radical (unpaired) electrons. The third-order valence-electron chi connectivity index (χ3n) is 1.98. The Morgan fingerprint density at radius 2 is 2.18 bits per heavy atom. The van der Waals surface area contributed by atoms with E-state index in [0.29, 0.717) is 12.5 Å². The predicted molar refractivity (Wildman–Crippen MR) is 42.2 cm³/mol. The number of esters is 1. The van der Waals surface area contributed by atoms with Crippen LogP contribution >= 0.6 is 0 Å². The minimum Gasteiger partial charge on any atom is -0.466 e. The molecule has 1 saturated heterocycles. The molecule has 0 unspecified atom stereocenters. The van der Waals surface area contributed by atoms with Gasteiger partial charge >= 0.3 is 5.97 Å². The van der Waals surface area contributed by atoms with Crippen LogP contribution in [0.25, 0.3) is 0 Å². The zero-order valence-electron chi connectivity index (χ0n) is 6.93. The van der Waals surface area contributed by atoms with Gasteiger partial charge in [0.15, 0.2) is 0 Å². The van der Waals surface area contributed by atoms with Crippen LogP contribution in [0.5, 0.6) is 0 Å². The number of rotatable bonds is 2. The van der Waals surface area contributed by atoms with Crippen molar-refractivity contribution in [1.29, 1.82) is 0 Å². The molecular formula is C8H15NO2. The largest absolute Gasteiger partial charge is 0.466 e. The van der Waals surface area contributed by atoms with Crippen molar-refractivity contribution < 1.29 is 9.53 Å². The number of hydrogen-bond donors (Lipinski definition) is 1. The zero-order chi connectivity index (χ0) is 8.10. The van der Waals surface area contributed by atoms with E-state index in [4.69, 9.17) is 4.74 Å². The molecule has 0 aromatic heterocycles. The first-order valence-electron chi connectivity index (χ1n) is 4.13. The average molecular weight is 157 g/mol. The van der Waals surface area contributed by atoms with Crippen LogP contribution in [0.2, 0.25) is 0 Å². The van der Waals surface area contributed by atoms with E-state index in [1.165, 1.54) is 6.92 Å². The highest BCUT2D eigenvalue weighted by atomic mass is 16.5. The molecule has 0 aromatic rings. The minimum absolute atomic E-state index is 0.163. The molecule has 0 aliphatic carbocycles. The quantitative estimate of drug-likeness (QED) is 0.595. The van der Waals surface area contributed by atoms with Crippen molar-refractivity contribution in [2.75, 3.05) is 19.7 Å². The number of piperidine rings is 1. The van der Waals surface area contributed by atoms with Crippen LogP contribution in [0.1, 0.15) is 19.8 Å². The van der Waals surface area contributed by atoms with Crippen molar-refractivity contribution in [2.45, 2.75) is 19.8 Å². The summed E-state index contributed by atoms with van der Waals surface area (Å²) in [7, 11) is 0. The Labute approximate surface area is 67.1 Å². The topological polar surface area (TPSA) is 38.3 Å². The Kier molecular flexibility index (Phi) is 3.36. The molecule has 11 heavy (non-hydrogen) atoms. The lowest BCUT2D eigenvalue weighted by molar-refractivity contribution is -0.142. The fourth-order valence-corrected chi connectivity index (χ4v) is 1.28. The van der Waals surface area contributed by atoms with Gasteiger partial charge in [-0.2, -0.15) is 0 Å². The average Bonchev–Trinajstić information content (AvgIpc) is 2.03. The van der Waals surface area contributed by atoms with E-state index >= 15 is 0 Å². The molecule has 64 valence electrons. The zero-order valence-corrected chi connectivity index (χ0v) is 6.93. The maximum absolute atomic E-state index is 10.4. The van der Waals surface area contributed by atoms with Crippen LogP contribution in [0.3, 0.4) is 0 Å². The van der Waals surface area contributed by atoms with E-state index in [1.54, 1.807) is 0 Å². The van der Waals surface area contributed by atoms with Gasteiger partial charge < -0.3 is 10.1 Å². The van der Waals surface area contributed by atoms with Crippen molar-refractivity contribution in [2.24, 2.45) is 5.92 Å². The van der Waals surface area contributed by atoms with Gasteiger partial charge in [0.05, 0.1) is 6.61 Å². The predicted octanol–water partition coefficient (Wildman–Crippen LogP) is 0.549. The molecule has 0 bridgehead atoms. The summed E-state index contributed by atoms with van der Waals surface area (Å²) >= 11 is 0. The van der Waals surface area contributed by atoms with Crippen molar-refractivity contribution in [3.05, 3.63) is 0 Å². The van der Waals surface area contributed by atoms with Crippen LogP contribution in [0, 0.1) is 5.92 Å². The standard InChI is InChI=1S/C8H15NO2/c1-7(10)11-6-8-2-4-9-5-3-8/h8-9H,2-6H2,1H3. The van der Waals surface area contributed by atoms with Gasteiger partial charge in [-0.1, -0.05) is 0 Å². The van der Waals surface area contributed by atoms with Gasteiger partial charge in [-0.05, 0) is 31.8 Å². The molecule has 1 heterocycles. The lowest BCUT2D eigenvalue weighted by atomic mass is 9.99. The molecule has 3 heteroatoms. The van der Waals surface area contributed by atoms with E-state index in [9.17, 15) is 4.79 Å². The summed E-state index contributed by atoms with van der Waals surface area (Å²) in [6, 6.07) is 0. The SMILES string of the molecule is CC(=O)OCC1CCNCC1. The summed E-state index contributed by atoms with van der Waals surface area (Å²) in [5.41, 5.74) is 0. The molecular weight excluding hydrogens is 142 g/mol. The molecule has 0 spiro atoms. The highest BCUT2D eigenvalue weighted by Gasteiger charge is 2.13. The summed E-state index contributed by atoms with van der Waals surface area (Å²) in [6.45, 7) is 4.19. The number of carbonyl (C=O) groups is 1. The van der Waals surface area contributed by atoms with Gasteiger partial charge in [0.1, 0.15) is 0 Å². The number of ether oxygens (including phenoxy) is 1. The summed E-state index contributed by atoms with van der Waals surface area (Å²) in [5, 5.41) is 3.26.